The van der Waals surface area contributed by atoms with E-state index >= 15 is 0 Å². The molecular formula is C20H21N5O4. The second-order valence-electron chi connectivity index (χ2n) is 7.09. The van der Waals surface area contributed by atoms with Crippen molar-refractivity contribution in [3.8, 4) is 0 Å². The van der Waals surface area contributed by atoms with Crippen molar-refractivity contribution in [2.45, 2.75) is 19.1 Å². The maximum atomic E-state index is 12.4. The van der Waals surface area contributed by atoms with Crippen LogP contribution in [0, 0.1) is 10.1 Å². The van der Waals surface area contributed by atoms with Crippen LogP contribution >= 0.6 is 0 Å². The largest absolute Gasteiger partial charge is 0.390 e. The van der Waals surface area contributed by atoms with E-state index in [0.717, 1.165) is 23.9 Å². The Morgan fingerprint density at radius 3 is 2.76 bits per heavy atom. The van der Waals surface area contributed by atoms with Crippen LogP contribution in [0.5, 0.6) is 0 Å². The van der Waals surface area contributed by atoms with Crippen LogP contribution in [0.1, 0.15) is 11.1 Å². The number of benzene rings is 1. The maximum absolute atomic E-state index is 12.4. The maximum Gasteiger partial charge on any atom is 0.376 e. The number of aromatic nitrogens is 2. The van der Waals surface area contributed by atoms with E-state index in [-0.39, 0.29) is 12.4 Å². The van der Waals surface area contributed by atoms with E-state index in [1.807, 2.05) is 12.1 Å². The molecule has 0 radical (unpaired) electrons. The first-order valence-electron chi connectivity index (χ1n) is 9.40. The van der Waals surface area contributed by atoms with E-state index in [2.05, 4.69) is 27.3 Å². The normalized spacial score (nSPS) is 15.1. The van der Waals surface area contributed by atoms with Gasteiger partial charge in [-0.2, -0.15) is 0 Å². The van der Waals surface area contributed by atoms with Gasteiger partial charge in [0, 0.05) is 32.4 Å². The number of nitrogens with zero attached hydrogens (tertiary/aromatic N) is 4. The number of β-amino-alcohol motifs (C(OH)–C–C–N with tert-alkyl or cyclic N) is 1. The third-order valence-corrected chi connectivity index (χ3v) is 5.08. The van der Waals surface area contributed by atoms with E-state index in [0.29, 0.717) is 12.2 Å². The Labute approximate surface area is 166 Å². The highest BCUT2D eigenvalue weighted by molar-refractivity contribution is 5.59. The minimum atomic E-state index is -0.768. The molecule has 1 atom stereocenters. The van der Waals surface area contributed by atoms with Gasteiger partial charge in [-0.05, 0) is 29.7 Å². The van der Waals surface area contributed by atoms with Crippen molar-refractivity contribution in [2.24, 2.45) is 0 Å². The smallest absolute Gasteiger partial charge is 0.376 e. The lowest BCUT2D eigenvalue weighted by molar-refractivity contribution is -0.385. The zero-order valence-electron chi connectivity index (χ0n) is 15.7. The van der Waals surface area contributed by atoms with Gasteiger partial charge in [0.1, 0.15) is 5.65 Å². The fraction of sp³-hybridized carbons (Fsp3) is 0.300. The zero-order valence-corrected chi connectivity index (χ0v) is 15.7. The van der Waals surface area contributed by atoms with Gasteiger partial charge < -0.3 is 10.4 Å². The summed E-state index contributed by atoms with van der Waals surface area (Å²) in [5, 5.41) is 24.6. The summed E-state index contributed by atoms with van der Waals surface area (Å²) in [5.74, 6) is -0.130. The van der Waals surface area contributed by atoms with E-state index in [1.54, 1.807) is 18.2 Å². The summed E-state index contributed by atoms with van der Waals surface area (Å²) in [5.41, 5.74) is 1.48. The Bertz CT molecular complexity index is 1110. The third kappa shape index (κ3) is 3.96. The van der Waals surface area contributed by atoms with Crippen molar-refractivity contribution in [1.29, 1.82) is 0 Å². The summed E-state index contributed by atoms with van der Waals surface area (Å²) in [4.78, 5) is 29.4. The lowest BCUT2D eigenvalue weighted by atomic mass is 10.00. The van der Waals surface area contributed by atoms with E-state index < -0.39 is 22.3 Å². The van der Waals surface area contributed by atoms with Gasteiger partial charge in [-0.3, -0.25) is 24.2 Å². The highest BCUT2D eigenvalue weighted by Crippen LogP contribution is 2.20. The van der Waals surface area contributed by atoms with Gasteiger partial charge >= 0.3 is 11.2 Å². The summed E-state index contributed by atoms with van der Waals surface area (Å²) >= 11 is 0. The standard InChI is InChI=1S/C20H21N5O4/c26-16(13-23-10-8-14-5-1-2-6-15(14)12-23)11-21-19-18(25(28)29)20(27)24-9-4-3-7-17(24)22-19/h1-7,9,16,21,26H,8,10-13H2/t16-/m1/s1. The lowest BCUT2D eigenvalue weighted by Crippen LogP contribution is -2.39. The molecule has 0 aliphatic carbocycles. The summed E-state index contributed by atoms with van der Waals surface area (Å²) in [7, 11) is 0. The molecule has 9 heteroatoms. The molecule has 1 aromatic carbocycles. The topological polar surface area (TPSA) is 113 Å². The molecule has 1 aliphatic rings. The first-order chi connectivity index (χ1) is 14.0. The fourth-order valence-corrected chi connectivity index (χ4v) is 3.65. The molecule has 0 bridgehead atoms. The molecule has 3 aromatic rings. The Hall–Kier alpha value is -3.30. The van der Waals surface area contributed by atoms with Gasteiger partial charge in [-0.1, -0.05) is 30.3 Å². The summed E-state index contributed by atoms with van der Waals surface area (Å²) in [6, 6.07) is 13.1. The van der Waals surface area contributed by atoms with Crippen LogP contribution in [-0.4, -0.2) is 50.1 Å². The zero-order chi connectivity index (χ0) is 20.4. The Morgan fingerprint density at radius 2 is 1.97 bits per heavy atom. The number of nitro groups is 1. The number of anilines is 1. The predicted octanol–water partition coefficient (Wildman–Crippen LogP) is 1.43. The molecule has 29 heavy (non-hydrogen) atoms. The quantitative estimate of drug-likeness (QED) is 0.479. The average Bonchev–Trinajstić information content (AvgIpc) is 2.72. The number of fused-ring (bicyclic) bond motifs is 2. The molecule has 4 rings (SSSR count). The Kier molecular flexibility index (Phi) is 5.24. The highest BCUT2D eigenvalue weighted by atomic mass is 16.6. The number of pyridine rings is 1. The van der Waals surface area contributed by atoms with Gasteiger partial charge in [0.25, 0.3) is 0 Å². The van der Waals surface area contributed by atoms with Gasteiger partial charge in [0.05, 0.1) is 11.0 Å². The van der Waals surface area contributed by atoms with Gasteiger partial charge in [0.15, 0.2) is 0 Å². The van der Waals surface area contributed by atoms with Crippen LogP contribution in [-0.2, 0) is 13.0 Å². The van der Waals surface area contributed by atoms with Crippen LogP contribution in [0.25, 0.3) is 5.65 Å². The number of rotatable bonds is 6. The van der Waals surface area contributed by atoms with Crippen molar-refractivity contribution < 1.29 is 10.0 Å². The second kappa shape index (κ2) is 7.98. The van der Waals surface area contributed by atoms with Crippen molar-refractivity contribution in [3.05, 3.63) is 80.3 Å². The monoisotopic (exact) mass is 395 g/mol. The van der Waals surface area contributed by atoms with Gasteiger partial charge in [-0.15, -0.1) is 0 Å². The highest BCUT2D eigenvalue weighted by Gasteiger charge is 2.24. The molecule has 0 saturated heterocycles. The predicted molar refractivity (Wildman–Crippen MR) is 108 cm³/mol. The van der Waals surface area contributed by atoms with Crippen LogP contribution in [0.3, 0.4) is 0 Å². The summed E-state index contributed by atoms with van der Waals surface area (Å²) in [6.45, 7) is 2.06. The molecule has 0 amide bonds. The van der Waals surface area contributed by atoms with Crippen LogP contribution in [0.15, 0.2) is 53.5 Å². The molecule has 0 fully saturated rings. The molecule has 1 aliphatic heterocycles. The van der Waals surface area contributed by atoms with Crippen LogP contribution in [0.2, 0.25) is 0 Å². The SMILES string of the molecule is O=c1c([N+](=O)[O-])c(NC[C@@H](O)CN2CCc3ccccc3C2)nc2ccccn12. The van der Waals surface area contributed by atoms with E-state index in [4.69, 9.17) is 0 Å². The summed E-state index contributed by atoms with van der Waals surface area (Å²) in [6.07, 6.45) is 1.59. The first kappa shape index (κ1) is 19.0. The minimum Gasteiger partial charge on any atom is -0.390 e. The Balaban J connectivity index is 1.46. The number of hydrogen-bond donors (Lipinski definition) is 2. The minimum absolute atomic E-state index is 0.0500. The summed E-state index contributed by atoms with van der Waals surface area (Å²) < 4.78 is 1.13. The molecule has 2 N–H and O–H groups in total. The average molecular weight is 395 g/mol. The lowest BCUT2D eigenvalue weighted by Gasteiger charge is -2.30. The van der Waals surface area contributed by atoms with E-state index in [9.17, 15) is 20.0 Å². The molecule has 150 valence electrons. The molecule has 2 aromatic heterocycles. The first-order valence-corrected chi connectivity index (χ1v) is 9.40. The molecule has 0 spiro atoms. The van der Waals surface area contributed by atoms with Crippen molar-refractivity contribution in [1.82, 2.24) is 14.3 Å². The molecule has 3 heterocycles. The number of aliphatic hydroxyl groups is 1. The van der Waals surface area contributed by atoms with Crippen LogP contribution in [0.4, 0.5) is 11.5 Å². The van der Waals surface area contributed by atoms with E-state index in [1.165, 1.54) is 17.3 Å². The second-order valence-corrected chi connectivity index (χ2v) is 7.09. The fourth-order valence-electron chi connectivity index (χ4n) is 3.65. The molecule has 9 nitrogen and oxygen atoms in total. The van der Waals surface area contributed by atoms with Gasteiger partial charge in [-0.25, -0.2) is 4.98 Å². The van der Waals surface area contributed by atoms with Crippen LogP contribution < -0.4 is 10.9 Å². The number of aliphatic hydroxyl groups excluding tert-OH is 1. The van der Waals surface area contributed by atoms with Crippen molar-refractivity contribution in [2.75, 3.05) is 25.0 Å². The van der Waals surface area contributed by atoms with Crippen molar-refractivity contribution >= 4 is 17.2 Å². The molecular weight excluding hydrogens is 374 g/mol. The Morgan fingerprint density at radius 1 is 1.21 bits per heavy atom. The number of nitrogens with one attached hydrogen (secondary N) is 1. The number of hydrogen-bond acceptors (Lipinski definition) is 7. The molecule has 0 saturated carbocycles. The third-order valence-electron chi connectivity index (χ3n) is 5.08. The molecule has 0 unspecified atom stereocenters. The van der Waals surface area contributed by atoms with Gasteiger partial charge in [0.2, 0.25) is 5.82 Å². The van der Waals surface area contributed by atoms with Crippen molar-refractivity contribution in [3.63, 3.8) is 0 Å².